The fraction of sp³-hybridized carbons (Fsp3) is 0.263. The molecule has 0 spiro atoms. The molecule has 1 saturated heterocycles. The molecule has 1 aromatic carbocycles. The summed E-state index contributed by atoms with van der Waals surface area (Å²) >= 11 is 0. The molecule has 0 aliphatic carbocycles. The van der Waals surface area contributed by atoms with Crippen LogP contribution in [0.4, 0.5) is 4.39 Å². The van der Waals surface area contributed by atoms with Crippen molar-refractivity contribution in [3.63, 3.8) is 0 Å². The third-order valence-electron chi connectivity index (χ3n) is 4.23. The van der Waals surface area contributed by atoms with Crippen LogP contribution in [-0.4, -0.2) is 46.5 Å². The van der Waals surface area contributed by atoms with Gasteiger partial charge in [-0.25, -0.2) is 9.37 Å². The largest absolute Gasteiger partial charge is 0.448 e. The highest BCUT2D eigenvalue weighted by Gasteiger charge is 2.34. The molecular formula is C19H19FN4O2. The Kier molecular flexibility index (Phi) is 5.36. The van der Waals surface area contributed by atoms with Crippen LogP contribution < -0.4 is 0 Å². The van der Waals surface area contributed by atoms with Crippen molar-refractivity contribution in [2.24, 2.45) is 0 Å². The molecular weight excluding hydrogens is 335 g/mol. The van der Waals surface area contributed by atoms with E-state index in [1.807, 2.05) is 30.3 Å². The zero-order valence-corrected chi connectivity index (χ0v) is 14.1. The van der Waals surface area contributed by atoms with Crippen LogP contribution in [0.15, 0.2) is 53.2 Å². The monoisotopic (exact) mass is 354 g/mol. The maximum Gasteiger partial charge on any atom is 0.276 e. The van der Waals surface area contributed by atoms with Crippen LogP contribution in [0, 0.1) is 10.8 Å². The number of nitrogens with one attached hydrogen (secondary N) is 2. The van der Waals surface area contributed by atoms with Crippen molar-refractivity contribution in [2.75, 3.05) is 13.2 Å². The van der Waals surface area contributed by atoms with Gasteiger partial charge in [0.2, 0.25) is 5.89 Å². The summed E-state index contributed by atoms with van der Waals surface area (Å²) in [5, 5.41) is 15.9. The summed E-state index contributed by atoms with van der Waals surface area (Å²) in [5.41, 5.74) is 1.40. The Morgan fingerprint density at radius 2 is 2.08 bits per heavy atom. The molecule has 6 nitrogen and oxygen atoms in total. The number of likely N-dealkylation sites (tertiary alicyclic amines) is 1. The second kappa shape index (κ2) is 7.86. The molecule has 134 valence electrons. The van der Waals surface area contributed by atoms with E-state index >= 15 is 0 Å². The molecule has 0 radical (unpaired) electrons. The molecule has 2 heterocycles. The Morgan fingerprint density at radius 1 is 1.31 bits per heavy atom. The average molecular weight is 354 g/mol. The molecule has 1 unspecified atom stereocenters. The van der Waals surface area contributed by atoms with Crippen LogP contribution in [0.5, 0.6) is 0 Å². The Hall–Kier alpha value is -3.09. The average Bonchev–Trinajstić information content (AvgIpc) is 3.08. The highest BCUT2D eigenvalue weighted by Crippen LogP contribution is 2.20. The maximum atomic E-state index is 12.7. The molecule has 2 aromatic rings. The van der Waals surface area contributed by atoms with Crippen molar-refractivity contribution in [3.8, 4) is 0 Å². The Bertz CT molecular complexity index is 842. The summed E-state index contributed by atoms with van der Waals surface area (Å²) in [5.74, 6) is -0.103. The zero-order valence-electron chi connectivity index (χ0n) is 14.1. The molecule has 0 bridgehead atoms. The summed E-state index contributed by atoms with van der Waals surface area (Å²) in [6.07, 6.45) is 5.07. The lowest BCUT2D eigenvalue weighted by atomic mass is 10.0. The number of alkyl halides is 1. The SMILES string of the molecule is N=C(/C=C\C(=N)c1ccccc1)Cc1nc(C(=O)N2CCC2CF)co1. The number of hydrogen-bond acceptors (Lipinski definition) is 5. The van der Waals surface area contributed by atoms with Crippen LogP contribution in [0.1, 0.15) is 28.4 Å². The number of carbonyl (C=O) groups excluding carboxylic acids is 1. The minimum atomic E-state index is -0.556. The van der Waals surface area contributed by atoms with Crippen molar-refractivity contribution in [3.05, 3.63) is 65.9 Å². The van der Waals surface area contributed by atoms with E-state index in [1.165, 1.54) is 17.2 Å². The fourth-order valence-electron chi connectivity index (χ4n) is 2.63. The first-order chi connectivity index (χ1) is 12.6. The van der Waals surface area contributed by atoms with Gasteiger partial charge in [-0.3, -0.25) is 4.79 Å². The normalized spacial score (nSPS) is 16.5. The van der Waals surface area contributed by atoms with Gasteiger partial charge in [-0.2, -0.15) is 0 Å². The van der Waals surface area contributed by atoms with E-state index in [1.54, 1.807) is 6.08 Å². The summed E-state index contributed by atoms with van der Waals surface area (Å²) < 4.78 is 18.0. The molecule has 1 aromatic heterocycles. The molecule has 7 heteroatoms. The third-order valence-corrected chi connectivity index (χ3v) is 4.23. The van der Waals surface area contributed by atoms with Gasteiger partial charge < -0.3 is 20.1 Å². The van der Waals surface area contributed by atoms with Gasteiger partial charge in [-0.15, -0.1) is 0 Å². The van der Waals surface area contributed by atoms with Crippen LogP contribution in [0.3, 0.4) is 0 Å². The van der Waals surface area contributed by atoms with Crippen LogP contribution >= 0.6 is 0 Å². The first-order valence-corrected chi connectivity index (χ1v) is 8.29. The quantitative estimate of drug-likeness (QED) is 0.748. The van der Waals surface area contributed by atoms with E-state index in [9.17, 15) is 9.18 Å². The molecule has 1 aliphatic rings. The van der Waals surface area contributed by atoms with Crippen molar-refractivity contribution >= 4 is 17.3 Å². The van der Waals surface area contributed by atoms with Gasteiger partial charge in [0.05, 0.1) is 18.2 Å². The Labute approximate surface area is 150 Å². The lowest BCUT2D eigenvalue weighted by molar-refractivity contribution is 0.0396. The molecule has 1 atom stereocenters. The minimum Gasteiger partial charge on any atom is -0.448 e. The number of hydrogen-bond donors (Lipinski definition) is 2. The molecule has 1 fully saturated rings. The predicted molar refractivity (Wildman–Crippen MR) is 95.8 cm³/mol. The van der Waals surface area contributed by atoms with Gasteiger partial charge in [-0.1, -0.05) is 30.3 Å². The van der Waals surface area contributed by atoms with Gasteiger partial charge in [-0.05, 0) is 24.1 Å². The van der Waals surface area contributed by atoms with Gasteiger partial charge in [0.1, 0.15) is 12.9 Å². The van der Waals surface area contributed by atoms with E-state index in [-0.39, 0.29) is 35.7 Å². The second-order valence-electron chi connectivity index (χ2n) is 6.04. The van der Waals surface area contributed by atoms with E-state index < -0.39 is 6.67 Å². The molecule has 0 saturated carbocycles. The number of nitrogens with zero attached hydrogens (tertiary/aromatic N) is 2. The van der Waals surface area contributed by atoms with Crippen molar-refractivity contribution in [1.82, 2.24) is 9.88 Å². The minimum absolute atomic E-state index is 0.110. The molecule has 26 heavy (non-hydrogen) atoms. The Balaban J connectivity index is 1.57. The number of oxazole rings is 1. The van der Waals surface area contributed by atoms with E-state index in [2.05, 4.69) is 4.98 Å². The summed E-state index contributed by atoms with van der Waals surface area (Å²) in [7, 11) is 0. The number of aromatic nitrogens is 1. The number of allylic oxidation sites excluding steroid dienone is 2. The summed E-state index contributed by atoms with van der Waals surface area (Å²) in [6, 6.07) is 8.85. The predicted octanol–water partition coefficient (Wildman–Crippen LogP) is 3.05. The van der Waals surface area contributed by atoms with Gasteiger partial charge in [0.25, 0.3) is 5.91 Å². The maximum absolute atomic E-state index is 12.7. The molecule has 3 rings (SSSR count). The standard InChI is InChI=1S/C19H19FN4O2/c20-11-15-8-9-24(15)19(25)17-12-26-18(23-17)10-14(21)6-7-16(22)13-4-2-1-3-5-13/h1-7,12,15,21-22H,8-11H2/b7-6-,21-14?,22-16?. The number of benzene rings is 1. The van der Waals surface area contributed by atoms with Crippen molar-refractivity contribution < 1.29 is 13.6 Å². The lowest BCUT2D eigenvalue weighted by Gasteiger charge is -2.38. The first-order valence-electron chi connectivity index (χ1n) is 8.29. The number of carbonyl (C=O) groups is 1. The van der Waals surface area contributed by atoms with E-state index in [0.717, 1.165) is 5.56 Å². The molecule has 1 aliphatic heterocycles. The molecule has 2 N–H and O–H groups in total. The number of amides is 1. The van der Waals surface area contributed by atoms with Gasteiger partial charge in [0, 0.05) is 12.3 Å². The van der Waals surface area contributed by atoms with Gasteiger partial charge in [0.15, 0.2) is 5.69 Å². The van der Waals surface area contributed by atoms with Crippen molar-refractivity contribution in [2.45, 2.75) is 18.9 Å². The van der Waals surface area contributed by atoms with E-state index in [0.29, 0.717) is 18.7 Å². The summed E-state index contributed by atoms with van der Waals surface area (Å²) in [6.45, 7) is -0.0327. The first kappa shape index (κ1) is 17.7. The lowest BCUT2D eigenvalue weighted by Crippen LogP contribution is -2.52. The topological polar surface area (TPSA) is 94.0 Å². The zero-order chi connectivity index (χ0) is 18.5. The second-order valence-corrected chi connectivity index (χ2v) is 6.04. The molecule has 1 amide bonds. The van der Waals surface area contributed by atoms with Crippen LogP contribution in [0.25, 0.3) is 0 Å². The highest BCUT2D eigenvalue weighted by atomic mass is 19.1. The smallest absolute Gasteiger partial charge is 0.276 e. The number of rotatable bonds is 7. The van der Waals surface area contributed by atoms with Crippen molar-refractivity contribution in [1.29, 1.82) is 10.8 Å². The third kappa shape index (κ3) is 3.93. The number of halogens is 1. The highest BCUT2D eigenvalue weighted by molar-refractivity contribution is 6.10. The van der Waals surface area contributed by atoms with Crippen LogP contribution in [0.2, 0.25) is 0 Å². The van der Waals surface area contributed by atoms with Gasteiger partial charge >= 0.3 is 0 Å². The summed E-state index contributed by atoms with van der Waals surface area (Å²) in [4.78, 5) is 17.7. The van der Waals surface area contributed by atoms with Crippen LogP contribution in [-0.2, 0) is 6.42 Å². The van der Waals surface area contributed by atoms with E-state index in [4.69, 9.17) is 15.2 Å². The Morgan fingerprint density at radius 3 is 2.73 bits per heavy atom. The fourth-order valence-corrected chi connectivity index (χ4v) is 2.63.